The van der Waals surface area contributed by atoms with Crippen molar-refractivity contribution in [2.75, 3.05) is 0 Å². The van der Waals surface area contributed by atoms with Gasteiger partial charge in [-0.25, -0.2) is 0 Å². The van der Waals surface area contributed by atoms with E-state index in [0.717, 1.165) is 32.9 Å². The van der Waals surface area contributed by atoms with Gasteiger partial charge in [0.25, 0.3) is 0 Å². The van der Waals surface area contributed by atoms with E-state index >= 15 is 0 Å². The quantitative estimate of drug-likeness (QED) is 0.230. The lowest BCUT2D eigenvalue weighted by Crippen LogP contribution is -2.32. The van der Waals surface area contributed by atoms with Crippen LogP contribution in [0.1, 0.15) is 17.5 Å². The fraction of sp³-hybridized carbons (Fsp3) is 0.217. The minimum atomic E-state index is -0.972. The number of carbonyl (C=O) groups is 2. The van der Waals surface area contributed by atoms with E-state index in [0.29, 0.717) is 12.8 Å². The average molecular weight is 495 g/mol. The summed E-state index contributed by atoms with van der Waals surface area (Å²) in [5.74, 6) is -1.83. The summed E-state index contributed by atoms with van der Waals surface area (Å²) in [7, 11) is 0. The maximum absolute atomic E-state index is 10.6. The zero-order valence-electron chi connectivity index (χ0n) is 17.7. The minimum absolute atomic E-state index is 0. The molecule has 2 aromatic carbocycles. The van der Waals surface area contributed by atoms with Crippen LogP contribution in [0.5, 0.6) is 0 Å². The maximum Gasteiger partial charge on any atom is 0.320 e. The van der Waals surface area contributed by atoms with Crippen molar-refractivity contribution in [2.45, 2.75) is 31.3 Å². The lowest BCUT2D eigenvalue weighted by Gasteiger charge is -2.07. The molecule has 8 nitrogen and oxygen atoms in total. The number of fused-ring (bicyclic) bond motifs is 2. The molecule has 0 bridgehead atoms. The molecule has 10 heteroatoms. The molecule has 2 aromatic heterocycles. The van der Waals surface area contributed by atoms with Gasteiger partial charge in [-0.1, -0.05) is 36.4 Å². The van der Waals surface area contributed by atoms with Crippen molar-refractivity contribution in [3.8, 4) is 0 Å². The molecule has 8 N–H and O–H groups in total. The van der Waals surface area contributed by atoms with Gasteiger partial charge < -0.3 is 31.6 Å². The zero-order chi connectivity index (χ0) is 22.4. The molecule has 4 rings (SSSR count). The molecule has 0 radical (unpaired) electrons. The summed E-state index contributed by atoms with van der Waals surface area (Å²) in [5.41, 5.74) is 15.3. The smallest absolute Gasteiger partial charge is 0.320 e. The second-order valence-electron chi connectivity index (χ2n) is 7.43. The number of carboxylic acid groups (broad SMARTS) is 2. The van der Waals surface area contributed by atoms with Gasteiger partial charge in [-0.3, -0.25) is 9.59 Å². The molecule has 33 heavy (non-hydrogen) atoms. The standard InChI is InChI=1S/C12H14N2O2.C11H12N2O2.2ClH/c13-9(6-12(15)16)5-8-7-14-11-4-2-1-3-10(8)11;12-9(11(14)15)5-7-6-13-10-4-2-1-3-8(7)10;;/h1-4,7,9,14H,5-6,13H2,(H,15,16);1-4,6,9,13H,5,12H2,(H,14,15);2*1H/t2*9-;;/m00../s1. The monoisotopic (exact) mass is 494 g/mol. The molecule has 0 amide bonds. The van der Waals surface area contributed by atoms with Crippen LogP contribution in [0.4, 0.5) is 0 Å². The summed E-state index contributed by atoms with van der Waals surface area (Å²) >= 11 is 0. The van der Waals surface area contributed by atoms with Crippen LogP contribution in [0.3, 0.4) is 0 Å². The number of aromatic amines is 2. The molecule has 178 valence electrons. The predicted molar refractivity (Wildman–Crippen MR) is 134 cm³/mol. The topological polar surface area (TPSA) is 158 Å². The van der Waals surface area contributed by atoms with Gasteiger partial charge in [0.2, 0.25) is 0 Å². The Morgan fingerprint density at radius 3 is 1.70 bits per heavy atom. The highest BCUT2D eigenvalue weighted by atomic mass is 35.5. The Kier molecular flexibility index (Phi) is 10.9. The molecule has 0 spiro atoms. The number of nitrogens with two attached hydrogens (primary N) is 2. The first-order valence-corrected chi connectivity index (χ1v) is 9.91. The molecule has 0 saturated heterocycles. The summed E-state index contributed by atoms with van der Waals surface area (Å²) in [6, 6.07) is 14.5. The largest absolute Gasteiger partial charge is 0.481 e. The molecule has 2 atom stereocenters. The van der Waals surface area contributed by atoms with Crippen molar-refractivity contribution in [1.82, 2.24) is 9.97 Å². The minimum Gasteiger partial charge on any atom is -0.481 e. The molecule has 4 aromatic rings. The number of hydrogen-bond acceptors (Lipinski definition) is 4. The van der Waals surface area contributed by atoms with Gasteiger partial charge in [0.05, 0.1) is 6.42 Å². The summed E-state index contributed by atoms with van der Waals surface area (Å²) in [5, 5.41) is 19.5. The number of H-pyrrole nitrogens is 2. The Morgan fingerprint density at radius 2 is 1.24 bits per heavy atom. The first-order valence-electron chi connectivity index (χ1n) is 9.91. The summed E-state index contributed by atoms with van der Waals surface area (Å²) in [4.78, 5) is 27.4. The predicted octanol–water partition coefficient (Wildman–Crippen LogP) is 3.48. The van der Waals surface area contributed by atoms with Crippen molar-refractivity contribution in [2.24, 2.45) is 11.5 Å². The Morgan fingerprint density at radius 1 is 0.788 bits per heavy atom. The molecular weight excluding hydrogens is 467 g/mol. The van der Waals surface area contributed by atoms with Crippen LogP contribution in [0, 0.1) is 0 Å². The molecule has 0 unspecified atom stereocenters. The maximum atomic E-state index is 10.6. The number of aromatic nitrogens is 2. The lowest BCUT2D eigenvalue weighted by molar-refractivity contribution is -0.139. The van der Waals surface area contributed by atoms with E-state index in [1.807, 2.05) is 60.9 Å². The van der Waals surface area contributed by atoms with Gasteiger partial charge in [-0.2, -0.15) is 0 Å². The van der Waals surface area contributed by atoms with Crippen molar-refractivity contribution in [3.63, 3.8) is 0 Å². The average Bonchev–Trinajstić information content (AvgIpc) is 3.32. The number of nitrogens with one attached hydrogen (secondary N) is 2. The second-order valence-corrected chi connectivity index (χ2v) is 7.43. The molecule has 0 aliphatic rings. The van der Waals surface area contributed by atoms with Crippen molar-refractivity contribution in [3.05, 3.63) is 72.1 Å². The van der Waals surface area contributed by atoms with Gasteiger partial charge in [-0.05, 0) is 29.7 Å². The Hall–Kier alpha value is -3.04. The Labute approximate surface area is 203 Å². The second kappa shape index (κ2) is 12.9. The fourth-order valence-electron chi connectivity index (χ4n) is 3.50. The van der Waals surface area contributed by atoms with Crippen LogP contribution in [0.25, 0.3) is 21.8 Å². The number of aliphatic carboxylic acids is 2. The first kappa shape index (κ1) is 28.0. The van der Waals surface area contributed by atoms with E-state index in [-0.39, 0.29) is 37.3 Å². The first-order chi connectivity index (χ1) is 14.8. The van der Waals surface area contributed by atoms with Crippen LogP contribution >= 0.6 is 24.8 Å². The molecule has 0 fully saturated rings. The molecular formula is C23H28Cl2N4O4. The fourth-order valence-corrected chi connectivity index (χ4v) is 3.50. The van der Waals surface area contributed by atoms with E-state index in [1.165, 1.54) is 0 Å². The van der Waals surface area contributed by atoms with Crippen LogP contribution in [-0.2, 0) is 22.4 Å². The van der Waals surface area contributed by atoms with E-state index in [1.54, 1.807) is 0 Å². The van der Waals surface area contributed by atoms with E-state index in [4.69, 9.17) is 21.7 Å². The Balaban J connectivity index is 0.000000312. The summed E-state index contributed by atoms with van der Waals surface area (Å²) in [6.07, 6.45) is 4.63. The summed E-state index contributed by atoms with van der Waals surface area (Å²) in [6.45, 7) is 0. The van der Waals surface area contributed by atoms with Crippen LogP contribution < -0.4 is 11.5 Å². The SMILES string of the molecule is Cl.Cl.N[C@@H](Cc1c[nH]c2ccccc12)C(=O)O.N[C@H](CC(=O)O)Cc1c[nH]c2ccccc12. The number of rotatable bonds is 7. The third-order valence-corrected chi connectivity index (χ3v) is 5.03. The van der Waals surface area contributed by atoms with E-state index < -0.39 is 18.0 Å². The molecule has 2 heterocycles. The van der Waals surface area contributed by atoms with Gasteiger partial charge in [-0.15, -0.1) is 24.8 Å². The normalized spacial score (nSPS) is 12.1. The van der Waals surface area contributed by atoms with Crippen molar-refractivity contribution in [1.29, 1.82) is 0 Å². The highest BCUT2D eigenvalue weighted by Gasteiger charge is 2.14. The number of carboxylic acids is 2. The van der Waals surface area contributed by atoms with Gasteiger partial charge >= 0.3 is 11.9 Å². The highest BCUT2D eigenvalue weighted by Crippen LogP contribution is 2.19. The van der Waals surface area contributed by atoms with E-state index in [9.17, 15) is 9.59 Å². The number of para-hydroxylation sites is 2. The van der Waals surface area contributed by atoms with Crippen LogP contribution in [0.2, 0.25) is 0 Å². The number of hydrogen-bond donors (Lipinski definition) is 6. The lowest BCUT2D eigenvalue weighted by atomic mass is 10.0. The molecule has 0 aliphatic carbocycles. The van der Waals surface area contributed by atoms with Crippen LogP contribution in [0.15, 0.2) is 60.9 Å². The molecule has 0 saturated carbocycles. The number of halogens is 2. The van der Waals surface area contributed by atoms with Gasteiger partial charge in [0.15, 0.2) is 0 Å². The zero-order valence-corrected chi connectivity index (χ0v) is 19.4. The third kappa shape index (κ3) is 7.50. The summed E-state index contributed by atoms with van der Waals surface area (Å²) < 4.78 is 0. The molecule has 0 aliphatic heterocycles. The number of benzene rings is 2. The van der Waals surface area contributed by atoms with E-state index in [2.05, 4.69) is 9.97 Å². The van der Waals surface area contributed by atoms with Crippen LogP contribution in [-0.4, -0.2) is 44.2 Å². The van der Waals surface area contributed by atoms with Gasteiger partial charge in [0, 0.05) is 46.7 Å². The van der Waals surface area contributed by atoms with Crippen molar-refractivity contribution >= 4 is 58.6 Å². The Bertz CT molecular complexity index is 1190. The van der Waals surface area contributed by atoms with Gasteiger partial charge in [0.1, 0.15) is 6.04 Å². The van der Waals surface area contributed by atoms with Crippen molar-refractivity contribution < 1.29 is 19.8 Å². The highest BCUT2D eigenvalue weighted by molar-refractivity contribution is 5.86. The third-order valence-electron chi connectivity index (χ3n) is 5.03.